The van der Waals surface area contributed by atoms with E-state index in [0.717, 1.165) is 12.8 Å². The van der Waals surface area contributed by atoms with E-state index < -0.39 is 12.2 Å². The Hall–Kier alpha value is -0.610. The first-order valence-electron chi connectivity index (χ1n) is 4.59. The molecule has 1 rings (SSSR count). The van der Waals surface area contributed by atoms with Crippen LogP contribution in [0.15, 0.2) is 0 Å². The van der Waals surface area contributed by atoms with Crippen LogP contribution in [0, 0.1) is 11.8 Å². The third-order valence-electron chi connectivity index (χ3n) is 2.84. The Kier molecular flexibility index (Phi) is 3.27. The van der Waals surface area contributed by atoms with Gasteiger partial charge in [-0.05, 0) is 39.3 Å². The molecule has 4 nitrogen and oxygen atoms in total. The lowest BCUT2D eigenvalue weighted by Crippen LogP contribution is -2.38. The van der Waals surface area contributed by atoms with Gasteiger partial charge in [0.15, 0.2) is 0 Å². The molecule has 0 bridgehead atoms. The highest BCUT2D eigenvalue weighted by atomic mass is 16.4. The van der Waals surface area contributed by atoms with Gasteiger partial charge in [0, 0.05) is 0 Å². The first-order valence-corrected chi connectivity index (χ1v) is 4.59. The SMILES string of the molecule is CN(C)C(O)CC1CCC1C(=O)O. The van der Waals surface area contributed by atoms with Crippen LogP contribution in [0.3, 0.4) is 0 Å². The molecule has 0 radical (unpaired) electrons. The summed E-state index contributed by atoms with van der Waals surface area (Å²) in [5, 5.41) is 18.3. The molecule has 0 spiro atoms. The van der Waals surface area contributed by atoms with Crippen LogP contribution in [0.25, 0.3) is 0 Å². The molecule has 76 valence electrons. The van der Waals surface area contributed by atoms with Crippen LogP contribution in [0.4, 0.5) is 0 Å². The number of carboxylic acid groups (broad SMARTS) is 1. The Morgan fingerprint density at radius 2 is 2.15 bits per heavy atom. The van der Waals surface area contributed by atoms with Crippen molar-refractivity contribution >= 4 is 5.97 Å². The average molecular weight is 187 g/mol. The van der Waals surface area contributed by atoms with Crippen molar-refractivity contribution in [1.82, 2.24) is 4.90 Å². The largest absolute Gasteiger partial charge is 0.481 e. The Balaban J connectivity index is 2.34. The number of aliphatic carboxylic acids is 1. The molecule has 3 atom stereocenters. The van der Waals surface area contributed by atoms with Crippen molar-refractivity contribution in [3.8, 4) is 0 Å². The summed E-state index contributed by atoms with van der Waals surface area (Å²) in [5.41, 5.74) is 0. The molecule has 0 heterocycles. The lowest BCUT2D eigenvalue weighted by atomic mass is 9.71. The smallest absolute Gasteiger partial charge is 0.306 e. The van der Waals surface area contributed by atoms with E-state index >= 15 is 0 Å². The number of hydrogen-bond acceptors (Lipinski definition) is 3. The Labute approximate surface area is 78.2 Å². The van der Waals surface area contributed by atoms with E-state index in [2.05, 4.69) is 0 Å². The van der Waals surface area contributed by atoms with E-state index in [-0.39, 0.29) is 11.8 Å². The lowest BCUT2D eigenvalue weighted by molar-refractivity contribution is -0.149. The van der Waals surface area contributed by atoms with Crippen LogP contribution in [-0.4, -0.2) is 41.4 Å². The van der Waals surface area contributed by atoms with Gasteiger partial charge in [0.1, 0.15) is 6.23 Å². The lowest BCUT2D eigenvalue weighted by Gasteiger charge is -2.35. The summed E-state index contributed by atoms with van der Waals surface area (Å²) in [6.07, 6.45) is 1.76. The van der Waals surface area contributed by atoms with Crippen molar-refractivity contribution < 1.29 is 15.0 Å². The molecule has 3 unspecified atom stereocenters. The zero-order chi connectivity index (χ0) is 10.0. The van der Waals surface area contributed by atoms with Crippen molar-refractivity contribution in [2.75, 3.05) is 14.1 Å². The van der Waals surface area contributed by atoms with E-state index in [1.807, 2.05) is 0 Å². The van der Waals surface area contributed by atoms with E-state index in [0.29, 0.717) is 6.42 Å². The molecule has 0 saturated heterocycles. The van der Waals surface area contributed by atoms with Crippen molar-refractivity contribution in [1.29, 1.82) is 0 Å². The van der Waals surface area contributed by atoms with E-state index in [9.17, 15) is 9.90 Å². The minimum atomic E-state index is -0.720. The maximum Gasteiger partial charge on any atom is 0.306 e. The van der Waals surface area contributed by atoms with Gasteiger partial charge in [0.2, 0.25) is 0 Å². The van der Waals surface area contributed by atoms with Crippen molar-refractivity contribution in [2.24, 2.45) is 11.8 Å². The van der Waals surface area contributed by atoms with E-state index in [1.54, 1.807) is 19.0 Å². The first kappa shape index (κ1) is 10.5. The fourth-order valence-corrected chi connectivity index (χ4v) is 1.66. The zero-order valence-corrected chi connectivity index (χ0v) is 8.10. The second kappa shape index (κ2) is 4.07. The highest BCUT2D eigenvalue weighted by Gasteiger charge is 2.37. The number of nitrogens with zero attached hydrogens (tertiary/aromatic N) is 1. The Morgan fingerprint density at radius 3 is 2.46 bits per heavy atom. The van der Waals surface area contributed by atoms with Crippen LogP contribution >= 0.6 is 0 Å². The van der Waals surface area contributed by atoms with Crippen LogP contribution < -0.4 is 0 Å². The first-order chi connectivity index (χ1) is 6.02. The van der Waals surface area contributed by atoms with Gasteiger partial charge in [-0.15, -0.1) is 0 Å². The molecule has 1 aliphatic rings. The van der Waals surface area contributed by atoms with Crippen LogP contribution in [0.5, 0.6) is 0 Å². The van der Waals surface area contributed by atoms with Crippen LogP contribution in [-0.2, 0) is 4.79 Å². The fourth-order valence-electron chi connectivity index (χ4n) is 1.66. The number of carbonyl (C=O) groups is 1. The van der Waals surface area contributed by atoms with Gasteiger partial charge in [0.25, 0.3) is 0 Å². The molecule has 4 heteroatoms. The normalized spacial score (nSPS) is 29.8. The quantitative estimate of drug-likeness (QED) is 0.624. The molecular weight excluding hydrogens is 170 g/mol. The van der Waals surface area contributed by atoms with Gasteiger partial charge in [-0.1, -0.05) is 0 Å². The Morgan fingerprint density at radius 1 is 1.54 bits per heavy atom. The molecule has 1 fully saturated rings. The third-order valence-corrected chi connectivity index (χ3v) is 2.84. The number of hydrogen-bond donors (Lipinski definition) is 2. The maximum atomic E-state index is 10.6. The summed E-state index contributed by atoms with van der Waals surface area (Å²) < 4.78 is 0. The molecule has 1 aliphatic carbocycles. The average Bonchev–Trinajstić information content (AvgIpc) is 1.95. The van der Waals surface area contributed by atoms with Crippen molar-refractivity contribution in [3.63, 3.8) is 0 Å². The molecule has 0 aromatic carbocycles. The van der Waals surface area contributed by atoms with E-state index in [4.69, 9.17) is 5.11 Å². The van der Waals surface area contributed by atoms with Gasteiger partial charge in [-0.2, -0.15) is 0 Å². The summed E-state index contributed by atoms with van der Waals surface area (Å²) >= 11 is 0. The predicted molar refractivity (Wildman–Crippen MR) is 48.2 cm³/mol. The van der Waals surface area contributed by atoms with Gasteiger partial charge >= 0.3 is 5.97 Å². The molecule has 0 aliphatic heterocycles. The van der Waals surface area contributed by atoms with Crippen LogP contribution in [0.1, 0.15) is 19.3 Å². The summed E-state index contributed by atoms with van der Waals surface area (Å²) in [4.78, 5) is 12.4. The zero-order valence-electron chi connectivity index (χ0n) is 8.10. The van der Waals surface area contributed by atoms with Gasteiger partial charge in [-0.3, -0.25) is 9.69 Å². The molecule has 1 saturated carbocycles. The van der Waals surface area contributed by atoms with Crippen molar-refractivity contribution in [3.05, 3.63) is 0 Å². The number of rotatable bonds is 4. The molecule has 0 amide bonds. The minimum Gasteiger partial charge on any atom is -0.481 e. The maximum absolute atomic E-state index is 10.6. The monoisotopic (exact) mass is 187 g/mol. The number of aliphatic hydroxyl groups is 1. The highest BCUT2D eigenvalue weighted by molar-refractivity contribution is 5.71. The second-order valence-corrected chi connectivity index (χ2v) is 3.96. The second-order valence-electron chi connectivity index (χ2n) is 3.96. The fraction of sp³-hybridized carbons (Fsp3) is 0.889. The van der Waals surface area contributed by atoms with E-state index in [1.165, 1.54) is 0 Å². The summed E-state index contributed by atoms with van der Waals surface area (Å²) in [6, 6.07) is 0. The summed E-state index contributed by atoms with van der Waals surface area (Å²) in [6.45, 7) is 0. The summed E-state index contributed by atoms with van der Waals surface area (Å²) in [7, 11) is 3.58. The minimum absolute atomic E-state index is 0.162. The number of carboxylic acids is 1. The number of aliphatic hydroxyl groups excluding tert-OH is 1. The molecule has 13 heavy (non-hydrogen) atoms. The predicted octanol–water partition coefficient (Wildman–Crippen LogP) is 0.367. The third kappa shape index (κ3) is 2.42. The van der Waals surface area contributed by atoms with Crippen molar-refractivity contribution in [2.45, 2.75) is 25.5 Å². The molecule has 2 N–H and O–H groups in total. The molecule has 0 aromatic rings. The van der Waals surface area contributed by atoms with Crippen LogP contribution in [0.2, 0.25) is 0 Å². The standard InChI is InChI=1S/C9H17NO3/c1-10(2)8(11)5-6-3-4-7(6)9(12)13/h6-8,11H,3-5H2,1-2H3,(H,12,13). The molecule has 0 aromatic heterocycles. The van der Waals surface area contributed by atoms with Gasteiger partial charge in [0.05, 0.1) is 5.92 Å². The summed E-state index contributed by atoms with van der Waals surface area (Å²) in [5.74, 6) is -0.785. The Bertz CT molecular complexity index is 193. The topological polar surface area (TPSA) is 60.8 Å². The highest BCUT2D eigenvalue weighted by Crippen LogP contribution is 2.37. The van der Waals surface area contributed by atoms with Gasteiger partial charge < -0.3 is 10.2 Å². The molecular formula is C9H17NO3. The van der Waals surface area contributed by atoms with Gasteiger partial charge in [-0.25, -0.2) is 0 Å².